The van der Waals surface area contributed by atoms with Crippen molar-refractivity contribution in [2.75, 3.05) is 50.1 Å². The van der Waals surface area contributed by atoms with Gasteiger partial charge in [-0.1, -0.05) is 15.9 Å². The molecule has 2 rings (SSSR count). The van der Waals surface area contributed by atoms with Gasteiger partial charge in [0.05, 0.1) is 24.6 Å². The summed E-state index contributed by atoms with van der Waals surface area (Å²) in [6.45, 7) is 4.01. The van der Waals surface area contributed by atoms with Gasteiger partial charge in [0.25, 0.3) is 0 Å². The largest absolute Gasteiger partial charge is 0.378 e. The Bertz CT molecular complexity index is 476. The van der Waals surface area contributed by atoms with Crippen LogP contribution in [0.2, 0.25) is 0 Å². The summed E-state index contributed by atoms with van der Waals surface area (Å²) in [5.41, 5.74) is 1.92. The predicted octanol–water partition coefficient (Wildman–Crippen LogP) is 2.22. The van der Waals surface area contributed by atoms with E-state index >= 15 is 0 Å². The van der Waals surface area contributed by atoms with E-state index in [2.05, 4.69) is 31.5 Å². The van der Waals surface area contributed by atoms with Gasteiger partial charge in [0.1, 0.15) is 0 Å². The van der Waals surface area contributed by atoms with Crippen LogP contribution in [-0.2, 0) is 9.53 Å². The highest BCUT2D eigenvalue weighted by atomic mass is 79.9. The van der Waals surface area contributed by atoms with Crippen LogP contribution in [0.1, 0.15) is 12.8 Å². The Balaban J connectivity index is 2.05. The Labute approximate surface area is 134 Å². The van der Waals surface area contributed by atoms with Crippen LogP contribution in [0, 0.1) is 0 Å². The molecule has 5 nitrogen and oxygen atoms in total. The molecule has 0 bridgehead atoms. The standard InChI is InChI=1S/C15H22BrN3O2/c1-17-6-2-3-15(20)18-13-11-12(16)4-5-14(13)19-7-9-21-10-8-19/h4-5,11,17H,2-3,6-10H2,1H3,(H,18,20). The van der Waals surface area contributed by atoms with E-state index in [1.807, 2.05) is 25.2 Å². The molecule has 1 amide bonds. The molecule has 1 fully saturated rings. The molecule has 1 aromatic rings. The van der Waals surface area contributed by atoms with Gasteiger partial charge in [-0.3, -0.25) is 4.79 Å². The van der Waals surface area contributed by atoms with Gasteiger partial charge >= 0.3 is 0 Å². The van der Waals surface area contributed by atoms with Crippen LogP contribution in [0.4, 0.5) is 11.4 Å². The minimum absolute atomic E-state index is 0.0536. The lowest BCUT2D eigenvalue weighted by molar-refractivity contribution is -0.116. The Morgan fingerprint density at radius 1 is 1.38 bits per heavy atom. The quantitative estimate of drug-likeness (QED) is 0.768. The lowest BCUT2D eigenvalue weighted by Gasteiger charge is -2.30. The number of ether oxygens (including phenoxy) is 1. The van der Waals surface area contributed by atoms with Crippen LogP contribution in [0.5, 0.6) is 0 Å². The van der Waals surface area contributed by atoms with E-state index in [-0.39, 0.29) is 5.91 Å². The maximum absolute atomic E-state index is 12.0. The summed E-state index contributed by atoms with van der Waals surface area (Å²) < 4.78 is 6.35. The summed E-state index contributed by atoms with van der Waals surface area (Å²) >= 11 is 3.47. The Kier molecular flexibility index (Phi) is 6.48. The van der Waals surface area contributed by atoms with E-state index in [0.717, 1.165) is 55.1 Å². The summed E-state index contributed by atoms with van der Waals surface area (Å²) in [4.78, 5) is 14.3. The number of carbonyl (C=O) groups excluding carboxylic acids is 1. The number of nitrogens with one attached hydrogen (secondary N) is 2. The number of carbonyl (C=O) groups is 1. The van der Waals surface area contributed by atoms with Gasteiger partial charge in [-0.05, 0) is 38.2 Å². The molecule has 0 unspecified atom stereocenters. The smallest absolute Gasteiger partial charge is 0.224 e. The second-order valence-electron chi connectivity index (χ2n) is 5.02. The lowest BCUT2D eigenvalue weighted by atomic mass is 10.2. The van der Waals surface area contributed by atoms with Crippen LogP contribution in [0.3, 0.4) is 0 Å². The number of amides is 1. The molecule has 1 heterocycles. The molecule has 0 radical (unpaired) electrons. The fourth-order valence-corrected chi connectivity index (χ4v) is 2.69. The summed E-state index contributed by atoms with van der Waals surface area (Å²) in [5, 5.41) is 6.08. The van der Waals surface area contributed by atoms with Crippen LogP contribution in [0.15, 0.2) is 22.7 Å². The van der Waals surface area contributed by atoms with Crippen molar-refractivity contribution in [3.8, 4) is 0 Å². The number of anilines is 2. The molecule has 0 aliphatic carbocycles. The second-order valence-corrected chi connectivity index (χ2v) is 5.93. The normalized spacial score (nSPS) is 15.0. The summed E-state index contributed by atoms with van der Waals surface area (Å²) in [7, 11) is 1.89. The molecule has 6 heteroatoms. The van der Waals surface area contributed by atoms with Crippen molar-refractivity contribution in [3.05, 3.63) is 22.7 Å². The first-order chi connectivity index (χ1) is 10.2. The molecule has 2 N–H and O–H groups in total. The Hall–Kier alpha value is -1.11. The van der Waals surface area contributed by atoms with Crippen molar-refractivity contribution < 1.29 is 9.53 Å². The van der Waals surface area contributed by atoms with Crippen molar-refractivity contribution in [1.82, 2.24) is 5.32 Å². The minimum atomic E-state index is 0.0536. The van der Waals surface area contributed by atoms with Gasteiger partial charge in [0.15, 0.2) is 0 Å². The average Bonchev–Trinajstić information content (AvgIpc) is 2.48. The maximum Gasteiger partial charge on any atom is 0.224 e. The number of benzene rings is 1. The van der Waals surface area contributed by atoms with Gasteiger partial charge in [0.2, 0.25) is 5.91 Å². The highest BCUT2D eigenvalue weighted by molar-refractivity contribution is 9.10. The third-order valence-corrected chi connectivity index (χ3v) is 3.91. The topological polar surface area (TPSA) is 53.6 Å². The van der Waals surface area contributed by atoms with Gasteiger partial charge in [-0.2, -0.15) is 0 Å². The van der Waals surface area contributed by atoms with Gasteiger partial charge in [-0.15, -0.1) is 0 Å². The van der Waals surface area contributed by atoms with Gasteiger partial charge < -0.3 is 20.3 Å². The predicted molar refractivity (Wildman–Crippen MR) is 89.0 cm³/mol. The van der Waals surface area contributed by atoms with E-state index in [1.54, 1.807) is 0 Å². The number of rotatable bonds is 6. The Morgan fingerprint density at radius 3 is 2.86 bits per heavy atom. The number of hydrogen-bond donors (Lipinski definition) is 2. The zero-order valence-corrected chi connectivity index (χ0v) is 13.9. The van der Waals surface area contributed by atoms with Crippen molar-refractivity contribution in [1.29, 1.82) is 0 Å². The van der Waals surface area contributed by atoms with Crippen molar-refractivity contribution in [2.24, 2.45) is 0 Å². The Morgan fingerprint density at radius 2 is 2.14 bits per heavy atom. The fourth-order valence-electron chi connectivity index (χ4n) is 2.33. The summed E-state index contributed by atoms with van der Waals surface area (Å²) in [5.74, 6) is 0.0536. The molecule has 1 saturated heterocycles. The monoisotopic (exact) mass is 355 g/mol. The van der Waals surface area contributed by atoms with Gasteiger partial charge in [-0.25, -0.2) is 0 Å². The fraction of sp³-hybridized carbons (Fsp3) is 0.533. The third-order valence-electron chi connectivity index (χ3n) is 3.42. The first kappa shape index (κ1) is 16.3. The van der Waals surface area contributed by atoms with Crippen LogP contribution >= 0.6 is 15.9 Å². The second kappa shape index (κ2) is 8.36. The number of hydrogen-bond acceptors (Lipinski definition) is 4. The average molecular weight is 356 g/mol. The maximum atomic E-state index is 12.0. The molecule has 0 spiro atoms. The molecular weight excluding hydrogens is 334 g/mol. The number of nitrogens with zero attached hydrogens (tertiary/aromatic N) is 1. The lowest BCUT2D eigenvalue weighted by Crippen LogP contribution is -2.36. The van der Waals surface area contributed by atoms with E-state index in [4.69, 9.17) is 4.74 Å². The zero-order chi connectivity index (χ0) is 15.1. The molecule has 1 aliphatic rings. The first-order valence-electron chi connectivity index (χ1n) is 7.27. The zero-order valence-electron chi connectivity index (χ0n) is 12.3. The first-order valence-corrected chi connectivity index (χ1v) is 8.06. The molecule has 0 aromatic heterocycles. The van der Waals surface area contributed by atoms with Crippen molar-refractivity contribution >= 4 is 33.2 Å². The van der Waals surface area contributed by atoms with E-state index in [0.29, 0.717) is 6.42 Å². The highest BCUT2D eigenvalue weighted by Gasteiger charge is 2.16. The van der Waals surface area contributed by atoms with E-state index in [1.165, 1.54) is 0 Å². The number of morpholine rings is 1. The molecule has 1 aliphatic heterocycles. The molecule has 21 heavy (non-hydrogen) atoms. The van der Waals surface area contributed by atoms with E-state index in [9.17, 15) is 4.79 Å². The minimum Gasteiger partial charge on any atom is -0.378 e. The molecule has 0 atom stereocenters. The summed E-state index contributed by atoms with van der Waals surface area (Å²) in [6, 6.07) is 6.00. The van der Waals surface area contributed by atoms with Crippen LogP contribution < -0.4 is 15.5 Å². The van der Waals surface area contributed by atoms with Crippen molar-refractivity contribution in [2.45, 2.75) is 12.8 Å². The third kappa shape index (κ3) is 4.98. The van der Waals surface area contributed by atoms with Crippen LogP contribution in [-0.4, -0.2) is 45.8 Å². The SMILES string of the molecule is CNCCCC(=O)Nc1cc(Br)ccc1N1CCOCC1. The molecule has 1 aromatic carbocycles. The number of halogens is 1. The molecule has 0 saturated carbocycles. The van der Waals surface area contributed by atoms with Gasteiger partial charge in [0, 0.05) is 24.0 Å². The highest BCUT2D eigenvalue weighted by Crippen LogP contribution is 2.30. The van der Waals surface area contributed by atoms with Crippen LogP contribution in [0.25, 0.3) is 0 Å². The molecule has 116 valence electrons. The van der Waals surface area contributed by atoms with Crippen molar-refractivity contribution in [3.63, 3.8) is 0 Å². The summed E-state index contributed by atoms with van der Waals surface area (Å²) in [6.07, 6.45) is 1.36. The van der Waals surface area contributed by atoms with E-state index < -0.39 is 0 Å². The molecular formula is C15H22BrN3O2.